The number of thioether (sulfide) groups is 1. The molecule has 1 fully saturated rings. The molecule has 1 aliphatic heterocycles. The molecule has 162 valence electrons. The number of hydrogen-bond acceptors (Lipinski definition) is 5. The number of amides is 2. The second kappa shape index (κ2) is 9.94. The molecule has 1 saturated heterocycles. The van der Waals surface area contributed by atoms with Gasteiger partial charge in [0.2, 0.25) is 0 Å². The molecule has 0 spiro atoms. The number of imide groups is 1. The molecule has 1 heterocycles. The van der Waals surface area contributed by atoms with Gasteiger partial charge in [-0.3, -0.25) is 9.59 Å². The Hall–Kier alpha value is -2.55. The smallest absolute Gasteiger partial charge is 0.298 e. The molecular formula is C24H17Br2NO4S. The van der Waals surface area contributed by atoms with E-state index in [4.69, 9.17) is 9.47 Å². The first-order valence-electron chi connectivity index (χ1n) is 9.54. The normalized spacial score (nSPS) is 14.8. The largest absolute Gasteiger partial charge is 0.493 e. The molecule has 0 aliphatic carbocycles. The zero-order chi connectivity index (χ0) is 22.7. The van der Waals surface area contributed by atoms with E-state index < -0.39 is 0 Å². The molecule has 0 saturated carbocycles. The highest BCUT2D eigenvalue weighted by atomic mass is 79.9. The molecule has 1 aliphatic rings. The van der Waals surface area contributed by atoms with Crippen LogP contribution in [0.5, 0.6) is 11.5 Å². The molecule has 5 nitrogen and oxygen atoms in total. The third-order valence-electron chi connectivity index (χ3n) is 4.69. The van der Waals surface area contributed by atoms with Crippen molar-refractivity contribution < 1.29 is 19.1 Å². The Balaban J connectivity index is 1.57. The number of ether oxygens (including phenoxy) is 2. The number of rotatable bonds is 6. The molecule has 0 N–H and O–H groups in total. The highest BCUT2D eigenvalue weighted by Crippen LogP contribution is 2.39. The third kappa shape index (κ3) is 4.92. The van der Waals surface area contributed by atoms with Crippen molar-refractivity contribution in [1.82, 2.24) is 0 Å². The van der Waals surface area contributed by atoms with Gasteiger partial charge in [-0.2, -0.15) is 0 Å². The van der Waals surface area contributed by atoms with Gasteiger partial charge >= 0.3 is 0 Å². The minimum atomic E-state index is -0.354. The maximum Gasteiger partial charge on any atom is 0.298 e. The van der Waals surface area contributed by atoms with Gasteiger partial charge < -0.3 is 9.47 Å². The molecule has 0 unspecified atom stereocenters. The molecule has 32 heavy (non-hydrogen) atoms. The van der Waals surface area contributed by atoms with E-state index in [1.54, 1.807) is 49.6 Å². The Labute approximate surface area is 206 Å². The number of hydrogen-bond donors (Lipinski definition) is 0. The molecule has 4 rings (SSSR count). The van der Waals surface area contributed by atoms with Gasteiger partial charge in [-0.1, -0.05) is 62.2 Å². The highest BCUT2D eigenvalue weighted by molar-refractivity contribution is 9.10. The zero-order valence-corrected chi connectivity index (χ0v) is 20.9. The standard InChI is InChI=1S/C24H17Br2NO4S/c1-30-20-11-16(19(26)13-21(20)31-14-15-7-9-17(25)10-8-15)12-22-23(28)27(24(29)32-22)18-5-3-2-4-6-18/h2-13H,14H2,1H3/b22-12-. The van der Waals surface area contributed by atoms with Gasteiger partial charge in [-0.25, -0.2) is 4.90 Å². The van der Waals surface area contributed by atoms with E-state index in [9.17, 15) is 9.59 Å². The summed E-state index contributed by atoms with van der Waals surface area (Å²) in [5.41, 5.74) is 2.27. The topological polar surface area (TPSA) is 55.8 Å². The summed E-state index contributed by atoms with van der Waals surface area (Å²) in [5.74, 6) is 0.739. The first-order valence-corrected chi connectivity index (χ1v) is 11.9. The summed E-state index contributed by atoms with van der Waals surface area (Å²) in [6, 6.07) is 20.3. The van der Waals surface area contributed by atoms with Gasteiger partial charge in [0.25, 0.3) is 11.1 Å². The van der Waals surface area contributed by atoms with E-state index in [2.05, 4.69) is 31.9 Å². The molecule has 8 heteroatoms. The maximum absolute atomic E-state index is 12.9. The first kappa shape index (κ1) is 22.6. The number of anilines is 1. The lowest BCUT2D eigenvalue weighted by Crippen LogP contribution is -2.27. The van der Waals surface area contributed by atoms with Crippen LogP contribution in [0.1, 0.15) is 11.1 Å². The van der Waals surface area contributed by atoms with E-state index >= 15 is 0 Å². The fourth-order valence-electron chi connectivity index (χ4n) is 3.08. The van der Waals surface area contributed by atoms with Crippen LogP contribution >= 0.6 is 43.6 Å². The minimum absolute atomic E-state index is 0.329. The van der Waals surface area contributed by atoms with Crippen LogP contribution in [-0.2, 0) is 11.4 Å². The van der Waals surface area contributed by atoms with Gasteiger partial charge in [-0.05, 0) is 65.4 Å². The fraction of sp³-hybridized carbons (Fsp3) is 0.0833. The van der Waals surface area contributed by atoms with Gasteiger partial charge in [0.1, 0.15) is 6.61 Å². The summed E-state index contributed by atoms with van der Waals surface area (Å²) in [5, 5.41) is -0.329. The quantitative estimate of drug-likeness (QED) is 0.295. The summed E-state index contributed by atoms with van der Waals surface area (Å²) >= 11 is 7.87. The number of benzene rings is 3. The van der Waals surface area contributed by atoms with Crippen molar-refractivity contribution in [3.63, 3.8) is 0 Å². The van der Waals surface area contributed by atoms with Crippen molar-refractivity contribution in [2.45, 2.75) is 6.61 Å². The van der Waals surface area contributed by atoms with E-state index in [0.717, 1.165) is 26.3 Å². The maximum atomic E-state index is 12.9. The predicted molar refractivity (Wildman–Crippen MR) is 134 cm³/mol. The van der Waals surface area contributed by atoms with Crippen molar-refractivity contribution in [1.29, 1.82) is 0 Å². The molecular weight excluding hydrogens is 558 g/mol. The highest BCUT2D eigenvalue weighted by Gasteiger charge is 2.36. The van der Waals surface area contributed by atoms with Crippen LogP contribution in [0.2, 0.25) is 0 Å². The molecule has 2 amide bonds. The molecule has 3 aromatic carbocycles. The van der Waals surface area contributed by atoms with Gasteiger partial charge in [0.05, 0.1) is 17.7 Å². The van der Waals surface area contributed by atoms with Crippen LogP contribution in [0.4, 0.5) is 10.5 Å². The Morgan fingerprint density at radius 1 is 0.969 bits per heavy atom. The summed E-state index contributed by atoms with van der Waals surface area (Å²) in [7, 11) is 1.56. The molecule has 0 radical (unpaired) electrons. The van der Waals surface area contributed by atoms with Crippen molar-refractivity contribution in [3.05, 3.63) is 91.7 Å². The van der Waals surface area contributed by atoms with E-state index in [-0.39, 0.29) is 11.1 Å². The number of carbonyl (C=O) groups is 2. The lowest BCUT2D eigenvalue weighted by atomic mass is 10.1. The number of nitrogens with zero attached hydrogens (tertiary/aromatic N) is 1. The first-order chi connectivity index (χ1) is 15.5. The van der Waals surface area contributed by atoms with Crippen molar-refractivity contribution in [2.75, 3.05) is 12.0 Å². The van der Waals surface area contributed by atoms with Gasteiger partial charge in [0.15, 0.2) is 11.5 Å². The zero-order valence-electron chi connectivity index (χ0n) is 16.9. The van der Waals surface area contributed by atoms with Crippen LogP contribution in [0.25, 0.3) is 6.08 Å². The van der Waals surface area contributed by atoms with Gasteiger partial charge in [-0.15, -0.1) is 0 Å². The van der Waals surface area contributed by atoms with Crippen LogP contribution in [0, 0.1) is 0 Å². The number of carbonyl (C=O) groups excluding carboxylic acids is 2. The Morgan fingerprint density at radius 3 is 2.38 bits per heavy atom. The van der Waals surface area contributed by atoms with Crippen molar-refractivity contribution in [2.24, 2.45) is 0 Å². The molecule has 0 atom stereocenters. The number of halogens is 2. The van der Waals surface area contributed by atoms with E-state index in [1.165, 1.54) is 4.90 Å². The summed E-state index contributed by atoms with van der Waals surface area (Å²) in [6.07, 6.45) is 1.68. The van der Waals surface area contributed by atoms with Crippen LogP contribution < -0.4 is 14.4 Å². The Kier molecular flexibility index (Phi) is 7.03. The monoisotopic (exact) mass is 573 g/mol. The third-order valence-corrected chi connectivity index (χ3v) is 6.77. The molecule has 0 aromatic heterocycles. The fourth-order valence-corrected chi connectivity index (χ4v) is 4.62. The summed E-state index contributed by atoms with van der Waals surface area (Å²) < 4.78 is 13.2. The second-order valence-corrected chi connectivity index (χ2v) is 9.56. The van der Waals surface area contributed by atoms with Gasteiger partial charge in [0, 0.05) is 8.95 Å². The number of para-hydroxylation sites is 1. The lowest BCUT2D eigenvalue weighted by Gasteiger charge is -2.13. The van der Waals surface area contributed by atoms with E-state index in [1.807, 2.05) is 30.3 Å². The van der Waals surface area contributed by atoms with Crippen LogP contribution in [0.15, 0.2) is 80.6 Å². The second-order valence-electron chi connectivity index (χ2n) is 6.79. The lowest BCUT2D eigenvalue weighted by molar-refractivity contribution is -0.113. The summed E-state index contributed by atoms with van der Waals surface area (Å²) in [6.45, 7) is 0.380. The Morgan fingerprint density at radius 2 is 1.69 bits per heavy atom. The summed E-state index contributed by atoms with van der Waals surface area (Å²) in [4.78, 5) is 26.9. The molecule has 3 aromatic rings. The SMILES string of the molecule is COc1cc(/C=C2\SC(=O)N(c3ccccc3)C2=O)c(Br)cc1OCc1ccc(Br)cc1. The average molecular weight is 575 g/mol. The average Bonchev–Trinajstić information content (AvgIpc) is 3.08. The minimum Gasteiger partial charge on any atom is -0.493 e. The van der Waals surface area contributed by atoms with E-state index in [0.29, 0.717) is 34.3 Å². The predicted octanol–water partition coefficient (Wildman–Crippen LogP) is 7.04. The van der Waals surface area contributed by atoms with Crippen molar-refractivity contribution in [3.8, 4) is 11.5 Å². The van der Waals surface area contributed by atoms with Crippen LogP contribution in [0.3, 0.4) is 0 Å². The Bertz CT molecular complexity index is 1200. The van der Waals surface area contributed by atoms with Crippen molar-refractivity contribution >= 4 is 66.5 Å². The number of methoxy groups -OCH3 is 1. The molecule has 0 bridgehead atoms. The van der Waals surface area contributed by atoms with Crippen LogP contribution in [-0.4, -0.2) is 18.3 Å².